The van der Waals surface area contributed by atoms with E-state index in [1.165, 1.54) is 6.42 Å². The van der Waals surface area contributed by atoms with Crippen LogP contribution in [0.4, 0.5) is 0 Å². The predicted octanol–water partition coefficient (Wildman–Crippen LogP) is 2.29. The zero-order chi connectivity index (χ0) is 7.61. The van der Waals surface area contributed by atoms with Crippen molar-refractivity contribution in [3.05, 3.63) is 0 Å². The summed E-state index contributed by atoms with van der Waals surface area (Å²) in [5, 5.41) is 0. The van der Waals surface area contributed by atoms with Crippen LogP contribution in [0.25, 0.3) is 0 Å². The van der Waals surface area contributed by atoms with Gasteiger partial charge in [-0.2, -0.15) is 0 Å². The molecule has 0 aromatic heterocycles. The quantitative estimate of drug-likeness (QED) is 0.437. The molecule has 1 rings (SSSR count). The van der Waals surface area contributed by atoms with Crippen LogP contribution in [0.5, 0.6) is 0 Å². The van der Waals surface area contributed by atoms with Gasteiger partial charge in [-0.3, -0.25) is 0 Å². The van der Waals surface area contributed by atoms with Gasteiger partial charge in [0.2, 0.25) is 0 Å². The van der Waals surface area contributed by atoms with Crippen LogP contribution in [0.15, 0.2) is 0 Å². The Morgan fingerprint density at radius 3 is 2.10 bits per heavy atom. The van der Waals surface area contributed by atoms with E-state index in [0.717, 1.165) is 12.8 Å². The highest BCUT2D eigenvalue weighted by Crippen LogP contribution is 2.23. The van der Waals surface area contributed by atoms with E-state index in [0.29, 0.717) is 6.10 Å². The van der Waals surface area contributed by atoms with Gasteiger partial charge in [0.1, 0.15) is 0 Å². The summed E-state index contributed by atoms with van der Waals surface area (Å²) in [5.74, 6) is 0. The maximum atomic E-state index is 5.14. The molecule has 0 aromatic carbocycles. The molecule has 0 radical (unpaired) electrons. The van der Waals surface area contributed by atoms with E-state index in [1.807, 2.05) is 20.8 Å². The molecule has 10 heavy (non-hydrogen) atoms. The third kappa shape index (κ3) is 2.67. The molecule has 1 aliphatic rings. The lowest BCUT2D eigenvalue weighted by Crippen LogP contribution is -2.28. The van der Waals surface area contributed by atoms with Crippen LogP contribution in [0.2, 0.25) is 0 Å². The van der Waals surface area contributed by atoms with Gasteiger partial charge in [-0.25, -0.2) is 9.78 Å². The van der Waals surface area contributed by atoms with Crippen LogP contribution in [0.3, 0.4) is 0 Å². The van der Waals surface area contributed by atoms with Crippen molar-refractivity contribution in [2.45, 2.75) is 51.7 Å². The monoisotopic (exact) mass is 144 g/mol. The molecule has 2 nitrogen and oxygen atoms in total. The molecule has 1 fully saturated rings. The first kappa shape index (κ1) is 8.02. The van der Waals surface area contributed by atoms with Crippen molar-refractivity contribution >= 4 is 0 Å². The molecule has 0 heterocycles. The lowest BCUT2D eigenvalue weighted by Gasteiger charge is -2.28. The van der Waals surface area contributed by atoms with Crippen LogP contribution in [-0.2, 0) is 9.78 Å². The minimum atomic E-state index is -0.157. The summed E-state index contributed by atoms with van der Waals surface area (Å²) in [4.78, 5) is 10.3. The molecule has 0 spiro atoms. The topological polar surface area (TPSA) is 18.5 Å². The Hall–Kier alpha value is -0.0800. The first-order valence-electron chi connectivity index (χ1n) is 3.92. The molecule has 0 N–H and O–H groups in total. The molecule has 0 unspecified atom stereocenters. The smallest absolute Gasteiger partial charge is 0.0952 e. The highest BCUT2D eigenvalue weighted by atomic mass is 17.2. The average Bonchev–Trinajstić information content (AvgIpc) is 1.56. The van der Waals surface area contributed by atoms with Gasteiger partial charge in [0.05, 0.1) is 11.7 Å². The molecule has 2 heteroatoms. The molecule has 0 aliphatic heterocycles. The van der Waals surface area contributed by atoms with E-state index in [2.05, 4.69) is 0 Å². The van der Waals surface area contributed by atoms with Gasteiger partial charge in [-0.05, 0) is 40.0 Å². The van der Waals surface area contributed by atoms with Crippen LogP contribution in [0.1, 0.15) is 40.0 Å². The average molecular weight is 144 g/mol. The fraction of sp³-hybridized carbons (Fsp3) is 1.00. The fourth-order valence-corrected chi connectivity index (χ4v) is 0.679. The summed E-state index contributed by atoms with van der Waals surface area (Å²) >= 11 is 0. The Bertz CT molecular complexity index is 100. The van der Waals surface area contributed by atoms with Gasteiger partial charge in [0.25, 0.3) is 0 Å². The van der Waals surface area contributed by atoms with Crippen molar-refractivity contribution in [3.8, 4) is 0 Å². The van der Waals surface area contributed by atoms with Crippen molar-refractivity contribution < 1.29 is 9.78 Å². The standard InChI is InChI=1S/C8H16O2/c1-8(2,3)10-9-7-5-4-6-7/h7H,4-6H2,1-3H3. The highest BCUT2D eigenvalue weighted by molar-refractivity contribution is 4.67. The van der Waals surface area contributed by atoms with Crippen molar-refractivity contribution in [2.75, 3.05) is 0 Å². The second-order valence-corrected chi connectivity index (χ2v) is 3.84. The molecule has 0 aromatic rings. The Kier molecular flexibility index (Phi) is 2.32. The Morgan fingerprint density at radius 1 is 1.20 bits per heavy atom. The van der Waals surface area contributed by atoms with Crippen molar-refractivity contribution in [2.24, 2.45) is 0 Å². The molecule has 0 amide bonds. The van der Waals surface area contributed by atoms with Crippen molar-refractivity contribution in [1.82, 2.24) is 0 Å². The number of hydrogen-bond acceptors (Lipinski definition) is 2. The molecule has 60 valence electrons. The van der Waals surface area contributed by atoms with Crippen LogP contribution >= 0.6 is 0 Å². The molecular weight excluding hydrogens is 128 g/mol. The van der Waals surface area contributed by atoms with Crippen molar-refractivity contribution in [3.63, 3.8) is 0 Å². The van der Waals surface area contributed by atoms with Gasteiger partial charge >= 0.3 is 0 Å². The maximum absolute atomic E-state index is 5.14. The van der Waals surface area contributed by atoms with Crippen LogP contribution in [0, 0.1) is 0 Å². The second kappa shape index (κ2) is 2.89. The van der Waals surface area contributed by atoms with E-state index in [9.17, 15) is 0 Å². The molecule has 1 aliphatic carbocycles. The van der Waals surface area contributed by atoms with E-state index in [1.54, 1.807) is 0 Å². The lowest BCUT2D eigenvalue weighted by molar-refractivity contribution is -0.382. The summed E-state index contributed by atoms with van der Waals surface area (Å²) in [7, 11) is 0. The lowest BCUT2D eigenvalue weighted by atomic mass is 9.97. The van der Waals surface area contributed by atoms with Gasteiger partial charge in [-0.1, -0.05) is 0 Å². The fourth-order valence-electron chi connectivity index (χ4n) is 0.679. The molecule has 0 atom stereocenters. The summed E-state index contributed by atoms with van der Waals surface area (Å²) in [6.45, 7) is 5.98. The second-order valence-electron chi connectivity index (χ2n) is 3.84. The summed E-state index contributed by atoms with van der Waals surface area (Å²) in [5.41, 5.74) is -0.157. The summed E-state index contributed by atoms with van der Waals surface area (Å²) in [6.07, 6.45) is 3.99. The van der Waals surface area contributed by atoms with E-state index in [-0.39, 0.29) is 5.60 Å². The molecule has 0 saturated heterocycles. The normalized spacial score (nSPS) is 20.7. The first-order chi connectivity index (χ1) is 4.58. The van der Waals surface area contributed by atoms with E-state index < -0.39 is 0 Å². The minimum Gasteiger partial charge on any atom is -0.233 e. The van der Waals surface area contributed by atoms with Gasteiger partial charge in [0.15, 0.2) is 0 Å². The Morgan fingerprint density at radius 2 is 1.80 bits per heavy atom. The van der Waals surface area contributed by atoms with E-state index >= 15 is 0 Å². The highest BCUT2D eigenvalue weighted by Gasteiger charge is 2.22. The van der Waals surface area contributed by atoms with Gasteiger partial charge in [0, 0.05) is 0 Å². The van der Waals surface area contributed by atoms with Crippen LogP contribution < -0.4 is 0 Å². The zero-order valence-electron chi connectivity index (χ0n) is 7.02. The predicted molar refractivity (Wildman–Crippen MR) is 39.6 cm³/mol. The zero-order valence-corrected chi connectivity index (χ0v) is 7.02. The summed E-state index contributed by atoms with van der Waals surface area (Å²) in [6, 6.07) is 0. The summed E-state index contributed by atoms with van der Waals surface area (Å²) < 4.78 is 0. The SMILES string of the molecule is CC(C)(C)OOC1CCC1. The maximum Gasteiger partial charge on any atom is 0.0952 e. The first-order valence-corrected chi connectivity index (χ1v) is 3.92. The minimum absolute atomic E-state index is 0.157. The largest absolute Gasteiger partial charge is 0.233 e. The Balaban J connectivity index is 2.04. The molecular formula is C8H16O2. The molecule has 0 bridgehead atoms. The third-order valence-corrected chi connectivity index (χ3v) is 1.49. The van der Waals surface area contributed by atoms with E-state index in [4.69, 9.17) is 9.78 Å². The van der Waals surface area contributed by atoms with Crippen molar-refractivity contribution in [1.29, 1.82) is 0 Å². The number of hydrogen-bond donors (Lipinski definition) is 0. The Labute approximate surface area is 62.4 Å². The van der Waals surface area contributed by atoms with Crippen LogP contribution in [-0.4, -0.2) is 11.7 Å². The molecule has 1 saturated carbocycles. The van der Waals surface area contributed by atoms with Gasteiger partial charge < -0.3 is 0 Å². The third-order valence-electron chi connectivity index (χ3n) is 1.49. The van der Waals surface area contributed by atoms with Gasteiger partial charge in [-0.15, -0.1) is 0 Å². The number of rotatable bonds is 2.